The molecule has 0 aliphatic carbocycles. The van der Waals surface area contributed by atoms with Crippen LogP contribution in [0, 0.1) is 0 Å². The molecule has 0 saturated carbocycles. The zero-order valence-electron chi connectivity index (χ0n) is 11.1. The van der Waals surface area contributed by atoms with Crippen LogP contribution in [0.5, 0.6) is 0 Å². The van der Waals surface area contributed by atoms with Crippen molar-refractivity contribution in [2.75, 3.05) is 19.6 Å². The number of hydrogen-bond donors (Lipinski definition) is 0. The molecule has 0 unspecified atom stereocenters. The van der Waals surface area contributed by atoms with E-state index in [2.05, 4.69) is 25.7 Å². The van der Waals surface area contributed by atoms with E-state index in [1.54, 1.807) is 0 Å². The summed E-state index contributed by atoms with van der Waals surface area (Å²) in [5.41, 5.74) is 0.434. The summed E-state index contributed by atoms with van der Waals surface area (Å²) in [5, 5.41) is 0. The van der Waals surface area contributed by atoms with Crippen LogP contribution in [0.25, 0.3) is 0 Å². The lowest BCUT2D eigenvalue weighted by Gasteiger charge is -2.56. The van der Waals surface area contributed by atoms with Crippen LogP contribution in [0.15, 0.2) is 0 Å². The predicted octanol–water partition coefficient (Wildman–Crippen LogP) is 3.07. The van der Waals surface area contributed by atoms with E-state index in [0.29, 0.717) is 0 Å². The van der Waals surface area contributed by atoms with Gasteiger partial charge in [0.1, 0.15) is 0 Å². The maximum atomic E-state index is 6.02. The van der Waals surface area contributed by atoms with E-state index < -0.39 is 0 Å². The molecule has 90 valence electrons. The zero-order chi connectivity index (χ0) is 11.5. The third kappa shape index (κ3) is 2.94. The van der Waals surface area contributed by atoms with Crippen LogP contribution >= 0.6 is 0 Å². The molecule has 2 saturated heterocycles. The lowest BCUT2D eigenvalue weighted by molar-refractivity contribution is -0.271. The summed E-state index contributed by atoms with van der Waals surface area (Å²) in [4.78, 5) is 2.51. The Bertz CT molecular complexity index is 183. The van der Waals surface area contributed by atoms with Crippen molar-refractivity contribution in [2.45, 2.75) is 65.1 Å². The molecule has 2 rings (SSSR count). The smallest absolute Gasteiger partial charge is 0.0741 e. The van der Waals surface area contributed by atoms with Gasteiger partial charge in [0, 0.05) is 19.5 Å². The third-order valence-electron chi connectivity index (χ3n) is 3.46. The maximum Gasteiger partial charge on any atom is 0.0741 e. The van der Waals surface area contributed by atoms with Crippen molar-refractivity contribution in [1.29, 1.82) is 0 Å². The van der Waals surface area contributed by atoms with Gasteiger partial charge in [-0.2, -0.15) is 0 Å². The quantitative estimate of drug-likeness (QED) is 0.664. The van der Waals surface area contributed by atoms with Gasteiger partial charge in [-0.3, -0.25) is 0 Å². The highest BCUT2D eigenvalue weighted by Gasteiger charge is 2.51. The van der Waals surface area contributed by atoms with Crippen LogP contribution in [0.1, 0.15) is 53.9 Å². The molecular formula is C13H27NO. The number of nitrogens with zero attached hydrogens (tertiary/aromatic N) is 1. The van der Waals surface area contributed by atoms with Gasteiger partial charge < -0.3 is 9.64 Å². The molecule has 0 amide bonds. The Morgan fingerprint density at radius 3 is 1.93 bits per heavy atom. The molecule has 2 aliphatic rings. The van der Waals surface area contributed by atoms with Crippen LogP contribution in [0.4, 0.5) is 0 Å². The van der Waals surface area contributed by atoms with Crippen LogP contribution in [0.2, 0.25) is 0 Å². The Morgan fingerprint density at radius 1 is 1.13 bits per heavy atom. The summed E-state index contributed by atoms with van der Waals surface area (Å²) in [6, 6.07) is 0. The average Bonchev–Trinajstić information content (AvgIpc) is 2.19. The monoisotopic (exact) mass is 213 g/mol. The number of rotatable bonds is 1. The minimum absolute atomic E-state index is 0.161. The highest BCUT2D eigenvalue weighted by atomic mass is 16.5. The van der Waals surface area contributed by atoms with E-state index in [4.69, 9.17) is 4.74 Å². The molecule has 1 spiro atoms. The summed E-state index contributed by atoms with van der Waals surface area (Å²) < 4.78 is 6.02. The fourth-order valence-corrected chi connectivity index (χ4v) is 2.91. The molecule has 15 heavy (non-hydrogen) atoms. The second kappa shape index (κ2) is 4.84. The van der Waals surface area contributed by atoms with E-state index in [-0.39, 0.29) is 11.2 Å². The van der Waals surface area contributed by atoms with Crippen molar-refractivity contribution in [1.82, 2.24) is 4.90 Å². The van der Waals surface area contributed by atoms with Crippen LogP contribution in [0.3, 0.4) is 0 Å². The topological polar surface area (TPSA) is 12.5 Å². The van der Waals surface area contributed by atoms with Gasteiger partial charge >= 0.3 is 0 Å². The van der Waals surface area contributed by atoms with Crippen LogP contribution in [-0.2, 0) is 4.74 Å². The first kappa shape index (κ1) is 13.0. The molecule has 2 heterocycles. The van der Waals surface area contributed by atoms with Crippen molar-refractivity contribution in [3.05, 3.63) is 0 Å². The highest BCUT2D eigenvalue weighted by molar-refractivity contribution is 5.01. The van der Waals surface area contributed by atoms with E-state index >= 15 is 0 Å². The summed E-state index contributed by atoms with van der Waals surface area (Å²) in [7, 11) is 0. The number of hydrogen-bond acceptors (Lipinski definition) is 2. The van der Waals surface area contributed by atoms with E-state index in [0.717, 1.165) is 0 Å². The van der Waals surface area contributed by atoms with Crippen molar-refractivity contribution < 1.29 is 4.74 Å². The molecule has 2 nitrogen and oxygen atoms in total. The molecular weight excluding hydrogens is 186 g/mol. The molecule has 2 aliphatic heterocycles. The molecule has 0 atom stereocenters. The minimum Gasteiger partial charge on any atom is -0.369 e. The van der Waals surface area contributed by atoms with Crippen molar-refractivity contribution in [3.63, 3.8) is 0 Å². The Hall–Kier alpha value is -0.0800. The average molecular weight is 213 g/mol. The molecule has 0 aromatic rings. The first-order valence-electron chi connectivity index (χ1n) is 6.48. The Labute approximate surface area is 95.0 Å². The summed E-state index contributed by atoms with van der Waals surface area (Å²) in [5.74, 6) is 0. The predicted molar refractivity (Wildman–Crippen MR) is 65.2 cm³/mol. The summed E-state index contributed by atoms with van der Waals surface area (Å²) >= 11 is 0. The van der Waals surface area contributed by atoms with Gasteiger partial charge in [-0.1, -0.05) is 20.8 Å². The molecule has 0 bridgehead atoms. The second-order valence-electron chi connectivity index (χ2n) is 5.16. The largest absolute Gasteiger partial charge is 0.369 e. The SMILES string of the molecule is CC.CCN1CCC2(CC1)CC(C)(C)O2. The van der Waals surface area contributed by atoms with Gasteiger partial charge in [0.15, 0.2) is 0 Å². The second-order valence-corrected chi connectivity index (χ2v) is 5.16. The van der Waals surface area contributed by atoms with Gasteiger partial charge in [0.2, 0.25) is 0 Å². The highest BCUT2D eigenvalue weighted by Crippen LogP contribution is 2.47. The lowest BCUT2D eigenvalue weighted by Crippen LogP contribution is -2.60. The standard InChI is InChI=1S/C11H21NO.C2H6/c1-4-12-7-5-11(6-8-12)9-10(2,3)13-11;1-2/h4-9H2,1-3H3;1-2H3. The number of likely N-dealkylation sites (tertiary alicyclic amines) is 1. The number of piperidine rings is 1. The van der Waals surface area contributed by atoms with Crippen LogP contribution < -0.4 is 0 Å². The third-order valence-corrected chi connectivity index (χ3v) is 3.46. The van der Waals surface area contributed by atoms with E-state index in [1.807, 2.05) is 13.8 Å². The van der Waals surface area contributed by atoms with Gasteiger partial charge in [0.25, 0.3) is 0 Å². The van der Waals surface area contributed by atoms with Gasteiger partial charge in [-0.05, 0) is 33.2 Å². The summed E-state index contributed by atoms with van der Waals surface area (Å²) in [6.07, 6.45) is 3.74. The Morgan fingerprint density at radius 2 is 1.60 bits per heavy atom. The Kier molecular flexibility index (Phi) is 4.19. The van der Waals surface area contributed by atoms with Gasteiger partial charge in [-0.15, -0.1) is 0 Å². The lowest BCUT2D eigenvalue weighted by atomic mass is 9.75. The van der Waals surface area contributed by atoms with Gasteiger partial charge in [0.05, 0.1) is 11.2 Å². The van der Waals surface area contributed by atoms with Crippen molar-refractivity contribution in [2.24, 2.45) is 0 Å². The van der Waals surface area contributed by atoms with E-state index in [1.165, 1.54) is 38.9 Å². The fourth-order valence-electron chi connectivity index (χ4n) is 2.91. The molecule has 0 N–H and O–H groups in total. The maximum absolute atomic E-state index is 6.02. The Balaban J connectivity index is 0.000000531. The molecule has 2 heteroatoms. The van der Waals surface area contributed by atoms with E-state index in [9.17, 15) is 0 Å². The first-order chi connectivity index (χ1) is 7.05. The molecule has 0 aromatic carbocycles. The number of ether oxygens (including phenoxy) is 1. The zero-order valence-corrected chi connectivity index (χ0v) is 11.1. The molecule has 2 fully saturated rings. The van der Waals surface area contributed by atoms with Crippen molar-refractivity contribution >= 4 is 0 Å². The van der Waals surface area contributed by atoms with Gasteiger partial charge in [-0.25, -0.2) is 0 Å². The molecule has 0 aromatic heterocycles. The van der Waals surface area contributed by atoms with Crippen molar-refractivity contribution in [3.8, 4) is 0 Å². The molecule has 0 radical (unpaired) electrons. The van der Waals surface area contributed by atoms with Crippen LogP contribution in [-0.4, -0.2) is 35.7 Å². The first-order valence-corrected chi connectivity index (χ1v) is 6.48. The summed E-state index contributed by atoms with van der Waals surface area (Å²) in [6.45, 7) is 14.3. The minimum atomic E-state index is 0.161. The normalized spacial score (nSPS) is 27.8. The fraction of sp³-hybridized carbons (Fsp3) is 1.00.